The van der Waals surface area contributed by atoms with Crippen molar-refractivity contribution in [2.45, 2.75) is 102 Å². The third-order valence-electron chi connectivity index (χ3n) is 16.0. The van der Waals surface area contributed by atoms with Crippen molar-refractivity contribution < 1.29 is 37.8 Å². The lowest BCUT2D eigenvalue weighted by Gasteiger charge is -2.55. The molecule has 11 rings (SSSR count). The molecule has 6 heterocycles. The fourth-order valence-electron chi connectivity index (χ4n) is 11.6. The Bertz CT molecular complexity index is 2770. The van der Waals surface area contributed by atoms with Gasteiger partial charge in [0, 0.05) is 101 Å². The van der Waals surface area contributed by atoms with Crippen LogP contribution < -0.4 is 5.56 Å². The number of benzene rings is 3. The second-order valence-corrected chi connectivity index (χ2v) is 22.1. The summed E-state index contributed by atoms with van der Waals surface area (Å²) in [7, 11) is 0. The maximum absolute atomic E-state index is 15.2. The van der Waals surface area contributed by atoms with Crippen LogP contribution in [-0.2, 0) is 25.5 Å². The predicted molar refractivity (Wildman–Crippen MR) is 267 cm³/mol. The van der Waals surface area contributed by atoms with E-state index >= 15 is 4.39 Å². The highest BCUT2D eigenvalue weighted by Crippen LogP contribution is 2.50. The minimum absolute atomic E-state index is 0.00296. The maximum Gasteiger partial charge on any atom is 0.411 e. The number of aromatic nitrogens is 2. The number of likely N-dealkylation sites (tertiary alicyclic amines) is 1. The van der Waals surface area contributed by atoms with Gasteiger partial charge in [-0.05, 0) is 114 Å². The third kappa shape index (κ3) is 10.5. The number of aromatic amines is 1. The van der Waals surface area contributed by atoms with E-state index in [0.29, 0.717) is 93.0 Å². The SMILES string of the molecule is CC(C)(C)OC(=O)N(CC(=O)N1CCC[C@H](c2cccc(C(=O)N3CCN(CC45CCC(C(=O)N6CCN(C(=O)c7cc(Cc8n[nH]c(=O)c9ccccc89)ccc7F)CC6)(CC4)CO5)CC3)c2)C1)C1CC1. The summed E-state index contributed by atoms with van der Waals surface area (Å²) in [6.07, 6.45) is 6.39. The molecule has 16 nitrogen and oxygen atoms in total. The van der Waals surface area contributed by atoms with Crippen molar-refractivity contribution >= 4 is 40.5 Å². The molecule has 2 saturated carbocycles. The fraction of sp³-hybridized carbons (Fsp3) is 0.545. The summed E-state index contributed by atoms with van der Waals surface area (Å²) in [4.78, 5) is 91.9. The smallest absolute Gasteiger partial charge is 0.411 e. The summed E-state index contributed by atoms with van der Waals surface area (Å²) in [6, 6.07) is 19.6. The second-order valence-electron chi connectivity index (χ2n) is 22.1. The van der Waals surface area contributed by atoms with Gasteiger partial charge >= 0.3 is 6.09 Å². The molecule has 17 heteroatoms. The van der Waals surface area contributed by atoms with Crippen LogP contribution in [0.4, 0.5) is 9.18 Å². The van der Waals surface area contributed by atoms with Crippen molar-refractivity contribution in [3.05, 3.63) is 111 Å². The summed E-state index contributed by atoms with van der Waals surface area (Å²) in [5, 5.41) is 7.99. The number of rotatable bonds is 11. The topological polar surface area (TPSA) is 169 Å². The number of carbonyl (C=O) groups excluding carboxylic acids is 5. The van der Waals surface area contributed by atoms with Crippen molar-refractivity contribution in [1.82, 2.24) is 39.6 Å². The quantitative estimate of drug-likeness (QED) is 0.193. The van der Waals surface area contributed by atoms with Crippen molar-refractivity contribution in [1.29, 1.82) is 0 Å². The van der Waals surface area contributed by atoms with Gasteiger partial charge in [-0.15, -0.1) is 0 Å². The third-order valence-corrected chi connectivity index (χ3v) is 16.0. The van der Waals surface area contributed by atoms with E-state index in [9.17, 15) is 28.8 Å². The molecule has 2 bridgehead atoms. The number of carbonyl (C=O) groups is 5. The predicted octanol–water partition coefficient (Wildman–Crippen LogP) is 5.83. The molecule has 0 spiro atoms. The van der Waals surface area contributed by atoms with Crippen LogP contribution in [0.3, 0.4) is 0 Å². The highest BCUT2D eigenvalue weighted by Gasteiger charge is 2.55. The first-order valence-corrected chi connectivity index (χ1v) is 25.9. The van der Waals surface area contributed by atoms with Crippen LogP contribution in [0.1, 0.15) is 116 Å². The summed E-state index contributed by atoms with van der Waals surface area (Å²) < 4.78 is 27.5. The van der Waals surface area contributed by atoms with Crippen molar-refractivity contribution in [3.63, 3.8) is 0 Å². The number of amides is 5. The number of halogens is 1. The zero-order valence-electron chi connectivity index (χ0n) is 41.8. The molecular weight excluding hydrogens is 920 g/mol. The molecule has 4 aromatic rings. The standard InChI is InChI=1S/C55H67FN8O8/c1-53(2,3)72-52(70)64(41-14-15-41)34-47(65)63-21-7-10-40(33-63)38-8-6-9-39(32-38)49(67)60-24-22-59(23-25-60)35-55-19-17-54(18-20-55,36-71-55)51(69)62-28-26-61(27-29-62)50(68)44-30-37(13-16-45(44)56)31-46-42-11-4-5-12-43(42)48(66)58-57-46/h4-6,8-9,11-13,16,30,32,40-41H,7,10,14-15,17-29,31,33-36H2,1-3H3,(H,58,66)/t40-,54?,55?/m0/s1. The lowest BCUT2D eigenvalue weighted by molar-refractivity contribution is -0.203. The Morgan fingerprint density at radius 2 is 1.49 bits per heavy atom. The van der Waals surface area contributed by atoms with Crippen LogP contribution in [-0.4, -0.2) is 172 Å². The van der Waals surface area contributed by atoms with Crippen LogP contribution >= 0.6 is 0 Å². The van der Waals surface area contributed by atoms with Gasteiger partial charge in [-0.3, -0.25) is 33.8 Å². The largest absolute Gasteiger partial charge is 0.444 e. The average Bonchev–Trinajstić information content (AvgIpc) is 4.25. The molecule has 7 fully saturated rings. The van der Waals surface area contributed by atoms with Crippen LogP contribution in [0.25, 0.3) is 10.8 Å². The Labute approximate surface area is 419 Å². The molecule has 5 amide bonds. The number of piperazine rings is 2. The van der Waals surface area contributed by atoms with Crippen molar-refractivity contribution in [3.8, 4) is 0 Å². The molecule has 5 aliphatic heterocycles. The molecule has 3 aromatic carbocycles. The minimum Gasteiger partial charge on any atom is -0.444 e. The first-order valence-electron chi connectivity index (χ1n) is 25.9. The van der Waals surface area contributed by atoms with E-state index in [-0.39, 0.29) is 52.9 Å². The summed E-state index contributed by atoms with van der Waals surface area (Å²) in [5.74, 6) is -0.946. The number of hydrogen-bond acceptors (Lipinski definition) is 10. The van der Waals surface area contributed by atoms with Gasteiger partial charge in [0.1, 0.15) is 18.0 Å². The van der Waals surface area contributed by atoms with E-state index in [0.717, 1.165) is 76.6 Å². The molecule has 1 aromatic heterocycles. The number of hydrogen-bond donors (Lipinski definition) is 1. The van der Waals surface area contributed by atoms with E-state index < -0.39 is 28.8 Å². The molecule has 0 radical (unpaired) electrons. The zero-order chi connectivity index (χ0) is 50.4. The minimum atomic E-state index is -0.638. The van der Waals surface area contributed by atoms with E-state index in [1.54, 1.807) is 34.1 Å². The number of fused-ring (bicyclic) bond motifs is 4. The molecule has 72 heavy (non-hydrogen) atoms. The Morgan fingerprint density at radius 1 is 0.792 bits per heavy atom. The van der Waals surface area contributed by atoms with Gasteiger partial charge in [-0.25, -0.2) is 14.3 Å². The van der Waals surface area contributed by atoms with Gasteiger partial charge in [0.2, 0.25) is 11.8 Å². The Balaban J connectivity index is 0.676. The van der Waals surface area contributed by atoms with Crippen molar-refractivity contribution in [2.75, 3.05) is 85.1 Å². The van der Waals surface area contributed by atoms with E-state index in [2.05, 4.69) is 15.1 Å². The summed E-state index contributed by atoms with van der Waals surface area (Å²) in [6.45, 7) is 11.7. The van der Waals surface area contributed by atoms with E-state index in [1.165, 1.54) is 6.07 Å². The maximum atomic E-state index is 15.2. The van der Waals surface area contributed by atoms with Gasteiger partial charge < -0.3 is 29.1 Å². The molecule has 1 atom stereocenters. The first kappa shape index (κ1) is 49.4. The van der Waals surface area contributed by atoms with Crippen LogP contribution in [0, 0.1) is 11.2 Å². The Hall–Kier alpha value is -6.20. The van der Waals surface area contributed by atoms with Crippen LogP contribution in [0.5, 0.6) is 0 Å². The number of nitrogens with one attached hydrogen (secondary N) is 1. The molecule has 1 N–H and O–H groups in total. The van der Waals surface area contributed by atoms with Crippen LogP contribution in [0.2, 0.25) is 0 Å². The number of nitrogens with zero attached hydrogens (tertiary/aromatic N) is 7. The monoisotopic (exact) mass is 987 g/mol. The first-order chi connectivity index (χ1) is 34.6. The molecule has 5 saturated heterocycles. The Morgan fingerprint density at radius 3 is 2.18 bits per heavy atom. The van der Waals surface area contributed by atoms with Gasteiger partial charge in [-0.2, -0.15) is 5.10 Å². The normalized spacial score (nSPS) is 23.8. The number of ether oxygens (including phenoxy) is 2. The number of H-pyrrole nitrogens is 1. The van der Waals surface area contributed by atoms with Crippen molar-refractivity contribution in [2.24, 2.45) is 5.41 Å². The molecule has 0 unspecified atom stereocenters. The van der Waals surface area contributed by atoms with E-state index in [4.69, 9.17) is 9.47 Å². The summed E-state index contributed by atoms with van der Waals surface area (Å²) in [5.41, 5.74) is 1.11. The highest BCUT2D eigenvalue weighted by atomic mass is 19.1. The van der Waals surface area contributed by atoms with Gasteiger partial charge in [0.05, 0.1) is 34.3 Å². The highest BCUT2D eigenvalue weighted by molar-refractivity contribution is 5.95. The fourth-order valence-corrected chi connectivity index (χ4v) is 11.6. The van der Waals surface area contributed by atoms with E-state index in [1.807, 2.05) is 71.9 Å². The van der Waals surface area contributed by atoms with Gasteiger partial charge in [0.25, 0.3) is 17.4 Å². The lowest BCUT2D eigenvalue weighted by Crippen LogP contribution is -2.63. The molecule has 2 aliphatic carbocycles. The summed E-state index contributed by atoms with van der Waals surface area (Å²) >= 11 is 0. The average molecular weight is 987 g/mol. The van der Waals surface area contributed by atoms with Crippen LogP contribution in [0.15, 0.2) is 71.5 Å². The Kier molecular flexibility index (Phi) is 13.7. The molecule has 382 valence electrons. The molecular formula is C55H67FN8O8. The zero-order valence-corrected chi connectivity index (χ0v) is 41.8. The number of piperidine rings is 1. The van der Waals surface area contributed by atoms with Gasteiger partial charge in [-0.1, -0.05) is 36.4 Å². The molecule has 7 aliphatic rings. The lowest BCUT2D eigenvalue weighted by atomic mass is 9.65. The van der Waals surface area contributed by atoms with Gasteiger partial charge in [0.15, 0.2) is 0 Å². The second kappa shape index (κ2) is 20.0.